The van der Waals surface area contributed by atoms with Crippen LogP contribution in [0, 0.1) is 0 Å². The van der Waals surface area contributed by atoms with E-state index in [0.717, 1.165) is 38.5 Å². The summed E-state index contributed by atoms with van der Waals surface area (Å²) >= 11 is 0. The van der Waals surface area contributed by atoms with Crippen molar-refractivity contribution in [2.24, 2.45) is 0 Å². The summed E-state index contributed by atoms with van der Waals surface area (Å²) in [4.78, 5) is 67.7. The molecule has 3 aromatic heterocycles. The van der Waals surface area contributed by atoms with Crippen LogP contribution in [0.1, 0.15) is 142 Å². The zero-order chi connectivity index (χ0) is 42.4. The van der Waals surface area contributed by atoms with Gasteiger partial charge in [0.15, 0.2) is 24.8 Å². The standard InChI is InChI=1S/C50H66N6O4/c1-3-5-7-9-11-13-15-17-19-25-31-55-35-39-33-40(36-55)48(58)52-44-28-22-24-30-46(44)54-50(60)42-34-41(49(59)53-45-29-23-21-27-43(45)51-47(39)57)37-56(38-42)32-26-20-18-16-14-12-10-8-6-4-2/h21-24,27-30,33-38H,3-20,25-26,31-32H2,1-2H3,(H2-2,51,52,53,54,57,58,59,60)/p+2. The number of nitrogens with one attached hydrogen (secondary N) is 4. The lowest BCUT2D eigenvalue weighted by atomic mass is 10.1. The molecular formula is C50H68N6O4+2. The number of hydrogen-bond acceptors (Lipinski definition) is 4. The van der Waals surface area contributed by atoms with Gasteiger partial charge in [0.25, 0.3) is 22.2 Å². The minimum absolute atomic E-state index is 0.305. The van der Waals surface area contributed by atoms with Crippen molar-refractivity contribution >= 4 is 43.6 Å². The highest BCUT2D eigenvalue weighted by Gasteiger charge is 2.09. The molecule has 2 aromatic carbocycles. The van der Waals surface area contributed by atoms with Crippen molar-refractivity contribution in [1.29, 1.82) is 0 Å². The van der Waals surface area contributed by atoms with Crippen LogP contribution in [-0.4, -0.2) is 19.9 Å². The smallest absolute Gasteiger partial charge is 0.261 e. The highest BCUT2D eigenvalue weighted by atomic mass is 16.1. The Labute approximate surface area is 353 Å². The molecule has 5 rings (SSSR count). The summed E-state index contributed by atoms with van der Waals surface area (Å²) in [5.74, 6) is 0. The van der Waals surface area contributed by atoms with E-state index in [1.807, 2.05) is 9.13 Å². The molecule has 320 valence electrons. The second-order valence-electron chi connectivity index (χ2n) is 16.4. The fraction of sp³-hybridized carbons (Fsp3) is 0.480. The fourth-order valence-electron chi connectivity index (χ4n) is 7.77. The molecular weight excluding hydrogens is 749 g/mol. The van der Waals surface area contributed by atoms with Crippen molar-refractivity contribution in [1.82, 2.24) is 19.9 Å². The molecule has 10 nitrogen and oxygen atoms in total. The van der Waals surface area contributed by atoms with E-state index < -0.39 is 22.2 Å². The van der Waals surface area contributed by atoms with Gasteiger partial charge in [0, 0.05) is 12.8 Å². The summed E-state index contributed by atoms with van der Waals surface area (Å²) in [6.07, 6.45) is 31.2. The Bertz CT molecular complexity index is 2230. The lowest BCUT2D eigenvalue weighted by Gasteiger charge is -2.02. The van der Waals surface area contributed by atoms with Gasteiger partial charge < -0.3 is 19.9 Å². The van der Waals surface area contributed by atoms with Crippen LogP contribution >= 0.6 is 0 Å². The molecule has 0 fully saturated rings. The molecule has 10 heteroatoms. The van der Waals surface area contributed by atoms with E-state index in [1.165, 1.54) is 89.9 Å². The number of para-hydroxylation sites is 4. The van der Waals surface area contributed by atoms with Crippen molar-refractivity contribution in [2.45, 2.75) is 155 Å². The third-order valence-electron chi connectivity index (χ3n) is 11.3. The van der Waals surface area contributed by atoms with Crippen LogP contribution in [0.25, 0.3) is 43.6 Å². The van der Waals surface area contributed by atoms with Crippen LogP contribution in [0.15, 0.2) is 105 Å². The Morgan fingerprint density at radius 2 is 0.583 bits per heavy atom. The monoisotopic (exact) mass is 817 g/mol. The number of aromatic amines is 4. The van der Waals surface area contributed by atoms with E-state index >= 15 is 0 Å². The van der Waals surface area contributed by atoms with Crippen LogP contribution in [0.3, 0.4) is 0 Å². The number of aryl methyl sites for hydroxylation is 2. The van der Waals surface area contributed by atoms with E-state index in [9.17, 15) is 19.2 Å². The molecule has 5 aromatic rings. The molecule has 0 aliphatic rings. The largest absolute Gasteiger partial charge is 0.320 e. The molecule has 4 N–H and O–H groups in total. The summed E-state index contributed by atoms with van der Waals surface area (Å²) in [6.45, 7) is 5.77. The van der Waals surface area contributed by atoms with E-state index in [4.69, 9.17) is 0 Å². The lowest BCUT2D eigenvalue weighted by Crippen LogP contribution is -2.34. The third kappa shape index (κ3) is 15.0. The number of unbranched alkanes of at least 4 members (excludes halogenated alkanes) is 18. The molecule has 60 heavy (non-hydrogen) atoms. The quantitative estimate of drug-likeness (QED) is 0.0408. The first-order valence-electron chi connectivity index (χ1n) is 22.9. The summed E-state index contributed by atoms with van der Waals surface area (Å²) in [5, 5.41) is 1.22. The minimum Gasteiger partial charge on any atom is -0.320 e. The molecule has 0 saturated heterocycles. The van der Waals surface area contributed by atoms with Gasteiger partial charge in [0.1, 0.15) is 34.6 Å². The molecule has 0 radical (unpaired) electrons. The number of pyridine rings is 2. The predicted molar refractivity (Wildman–Crippen MR) is 247 cm³/mol. The number of hydrogen-bond donors (Lipinski definition) is 4. The van der Waals surface area contributed by atoms with E-state index in [2.05, 4.69) is 33.8 Å². The third-order valence-corrected chi connectivity index (χ3v) is 11.3. The zero-order valence-corrected chi connectivity index (χ0v) is 36.2. The van der Waals surface area contributed by atoms with Gasteiger partial charge in [-0.05, 0) is 49.2 Å². The predicted octanol–water partition coefficient (Wildman–Crippen LogP) is 10.3. The molecule has 0 aliphatic heterocycles. The van der Waals surface area contributed by atoms with E-state index in [-0.39, 0.29) is 0 Å². The molecule has 0 spiro atoms. The summed E-state index contributed by atoms with van der Waals surface area (Å²) in [7, 11) is 0. The van der Waals surface area contributed by atoms with Crippen LogP contribution in [-0.2, 0) is 13.1 Å². The van der Waals surface area contributed by atoms with Gasteiger partial charge in [0.2, 0.25) is 0 Å². The van der Waals surface area contributed by atoms with Gasteiger partial charge in [-0.2, -0.15) is 0 Å². The zero-order valence-electron chi connectivity index (χ0n) is 36.2. The summed E-state index contributed by atoms with van der Waals surface area (Å²) in [5.41, 5.74) is 0.00894. The van der Waals surface area contributed by atoms with Gasteiger partial charge in [-0.1, -0.05) is 141 Å². The topological polar surface area (TPSA) is 139 Å². The number of rotatable bonds is 22. The van der Waals surface area contributed by atoms with Crippen LogP contribution in [0.5, 0.6) is 0 Å². The Kier molecular flexibility index (Phi) is 19.3. The van der Waals surface area contributed by atoms with Crippen molar-refractivity contribution in [3.63, 3.8) is 0 Å². The molecule has 0 saturated carbocycles. The number of fused-ring (bicyclic) bond motifs is 6. The van der Waals surface area contributed by atoms with Gasteiger partial charge in [-0.25, -0.2) is 9.13 Å². The van der Waals surface area contributed by atoms with E-state index in [0.29, 0.717) is 56.7 Å². The summed E-state index contributed by atoms with van der Waals surface area (Å²) in [6, 6.07) is 17.2. The minimum atomic E-state index is -0.409. The Morgan fingerprint density at radius 1 is 0.350 bits per heavy atom. The fourth-order valence-corrected chi connectivity index (χ4v) is 7.77. The first-order valence-corrected chi connectivity index (χ1v) is 22.9. The first-order chi connectivity index (χ1) is 29.3. The van der Waals surface area contributed by atoms with Crippen molar-refractivity contribution < 1.29 is 9.13 Å². The first kappa shape index (κ1) is 45.7. The molecule has 3 heterocycles. The highest BCUT2D eigenvalue weighted by molar-refractivity contribution is 5.75. The van der Waals surface area contributed by atoms with Crippen LogP contribution in [0.2, 0.25) is 0 Å². The SMILES string of the molecule is CCCCCCCCCCCC[n+]1cc2cc(c1)c(=O)[nH]c1ccccc1[nH]c(=O)c1cc(c[n+](CCCCCCCCCCCC)c1)c(=O)[nH]c1ccccc1[nH]c2=O. The van der Waals surface area contributed by atoms with Gasteiger partial charge >= 0.3 is 0 Å². The Balaban J connectivity index is 1.54. The maximum absolute atomic E-state index is 14.0. The lowest BCUT2D eigenvalue weighted by molar-refractivity contribution is -0.695. The summed E-state index contributed by atoms with van der Waals surface area (Å²) < 4.78 is 3.82. The molecule has 0 amide bonds. The second kappa shape index (κ2) is 25.3. The Morgan fingerprint density at radius 3 is 0.833 bits per heavy atom. The average Bonchev–Trinajstić information content (AvgIpc) is 3.25. The number of nitrogens with zero attached hydrogens (tertiary/aromatic N) is 2. The van der Waals surface area contributed by atoms with Crippen LogP contribution < -0.4 is 31.4 Å². The van der Waals surface area contributed by atoms with Gasteiger partial charge in [-0.15, -0.1) is 0 Å². The Hall–Kier alpha value is -5.38. The van der Waals surface area contributed by atoms with Crippen molar-refractivity contribution in [3.05, 3.63) is 127 Å². The average molecular weight is 817 g/mol. The normalized spacial score (nSPS) is 11.2. The van der Waals surface area contributed by atoms with Crippen LogP contribution in [0.4, 0.5) is 0 Å². The molecule has 0 atom stereocenters. The van der Waals surface area contributed by atoms with Gasteiger partial charge in [0.05, 0.1) is 22.1 Å². The maximum Gasteiger partial charge on any atom is 0.261 e. The number of H-pyrrole nitrogens is 4. The molecule has 0 aliphatic carbocycles. The van der Waals surface area contributed by atoms with Gasteiger partial charge in [-0.3, -0.25) is 19.2 Å². The highest BCUT2D eigenvalue weighted by Crippen LogP contribution is 2.12. The number of aromatic nitrogens is 6. The van der Waals surface area contributed by atoms with Crippen molar-refractivity contribution in [2.75, 3.05) is 0 Å². The molecule has 0 unspecified atom stereocenters. The maximum atomic E-state index is 14.0. The molecule has 4 bridgehead atoms. The number of benzene rings is 2. The second-order valence-corrected chi connectivity index (χ2v) is 16.4. The van der Waals surface area contributed by atoms with Crippen molar-refractivity contribution in [3.8, 4) is 0 Å². The van der Waals surface area contributed by atoms with E-state index in [1.54, 1.807) is 85.5 Å².